The average molecular weight is 644 g/mol. The maximum absolute atomic E-state index is 14.6. The summed E-state index contributed by atoms with van der Waals surface area (Å²) in [6, 6.07) is 30.1. The Balaban J connectivity index is 1.82. The number of rotatable bonds is 13. The van der Waals surface area contributed by atoms with Gasteiger partial charge in [0, 0.05) is 18.5 Å². The lowest BCUT2D eigenvalue weighted by atomic mass is 10.0. The van der Waals surface area contributed by atoms with E-state index in [1.165, 1.54) is 24.1 Å². The monoisotopic (exact) mass is 643 g/mol. The zero-order valence-corrected chi connectivity index (χ0v) is 27.7. The second-order valence-electron chi connectivity index (χ2n) is 11.8. The highest BCUT2D eigenvalue weighted by Gasteiger charge is 2.35. The SMILES string of the molecule is COc1ccc(N(CC(=O)N(Cc2cccc(OC)c2)[C@H](Cc2ccccc2)C(=O)NC(C)(C)C)S(=O)(=O)c2ccccc2)cc1. The fraction of sp³-hybridized carbons (Fsp3) is 0.278. The van der Waals surface area contributed by atoms with Crippen LogP contribution in [0, 0.1) is 0 Å². The fourth-order valence-electron chi connectivity index (χ4n) is 4.97. The molecule has 4 aromatic rings. The van der Waals surface area contributed by atoms with Gasteiger partial charge in [0.05, 0.1) is 24.8 Å². The lowest BCUT2D eigenvalue weighted by Gasteiger charge is -2.35. The van der Waals surface area contributed by atoms with Crippen LogP contribution in [0.3, 0.4) is 0 Å². The second-order valence-corrected chi connectivity index (χ2v) is 13.7. The van der Waals surface area contributed by atoms with Gasteiger partial charge in [0.15, 0.2) is 0 Å². The Kier molecular flexibility index (Phi) is 11.1. The highest BCUT2D eigenvalue weighted by atomic mass is 32.2. The van der Waals surface area contributed by atoms with E-state index >= 15 is 0 Å². The first-order valence-corrected chi connectivity index (χ1v) is 16.4. The van der Waals surface area contributed by atoms with Crippen LogP contribution in [0.15, 0.2) is 114 Å². The number of nitrogens with one attached hydrogen (secondary N) is 1. The Hall–Kier alpha value is -4.83. The van der Waals surface area contributed by atoms with Gasteiger partial charge in [0.2, 0.25) is 11.8 Å². The third-order valence-electron chi connectivity index (χ3n) is 7.23. The first-order valence-electron chi connectivity index (χ1n) is 14.9. The van der Waals surface area contributed by atoms with Crippen molar-refractivity contribution in [2.75, 3.05) is 25.1 Å². The molecule has 0 spiro atoms. The summed E-state index contributed by atoms with van der Waals surface area (Å²) in [5.41, 5.74) is 1.26. The number of hydrogen-bond donors (Lipinski definition) is 1. The molecule has 0 aliphatic rings. The molecule has 0 saturated carbocycles. The van der Waals surface area contributed by atoms with Crippen LogP contribution in [0.1, 0.15) is 31.9 Å². The van der Waals surface area contributed by atoms with Crippen molar-refractivity contribution in [2.45, 2.75) is 50.2 Å². The number of ether oxygens (including phenoxy) is 2. The maximum atomic E-state index is 14.6. The summed E-state index contributed by atoms with van der Waals surface area (Å²) < 4.78 is 40.0. The van der Waals surface area contributed by atoms with Crippen LogP contribution in [-0.2, 0) is 32.6 Å². The molecule has 9 nitrogen and oxygen atoms in total. The van der Waals surface area contributed by atoms with Crippen molar-refractivity contribution >= 4 is 27.5 Å². The quantitative estimate of drug-likeness (QED) is 0.208. The summed E-state index contributed by atoms with van der Waals surface area (Å²) in [6.45, 7) is 5.10. The predicted molar refractivity (Wildman–Crippen MR) is 179 cm³/mol. The molecule has 46 heavy (non-hydrogen) atoms. The number of carbonyl (C=O) groups excluding carboxylic acids is 2. The molecule has 1 atom stereocenters. The first kappa shape index (κ1) is 34.1. The van der Waals surface area contributed by atoms with Gasteiger partial charge in [-0.2, -0.15) is 0 Å². The summed E-state index contributed by atoms with van der Waals surface area (Å²) in [7, 11) is -1.12. The van der Waals surface area contributed by atoms with Gasteiger partial charge in [-0.05, 0) is 80.4 Å². The standard InChI is InChI=1S/C36H41N3O6S/c1-36(2,3)37-35(41)33(24-27-13-8-6-9-14-27)38(25-28-15-12-16-31(23-28)45-5)34(40)26-39(29-19-21-30(44-4)22-20-29)46(42,43)32-17-10-7-11-18-32/h6-23,33H,24-26H2,1-5H3,(H,37,41)/t33-/m1/s1. The van der Waals surface area contributed by atoms with Crippen LogP contribution in [0.25, 0.3) is 0 Å². The first-order chi connectivity index (χ1) is 21.9. The van der Waals surface area contributed by atoms with E-state index in [1.54, 1.807) is 61.7 Å². The van der Waals surface area contributed by atoms with E-state index in [9.17, 15) is 18.0 Å². The van der Waals surface area contributed by atoms with Crippen molar-refractivity contribution in [2.24, 2.45) is 0 Å². The van der Waals surface area contributed by atoms with Crippen LogP contribution in [-0.4, -0.2) is 57.5 Å². The number of methoxy groups -OCH3 is 2. The van der Waals surface area contributed by atoms with Gasteiger partial charge in [-0.1, -0.05) is 60.7 Å². The molecule has 1 N–H and O–H groups in total. The zero-order valence-electron chi connectivity index (χ0n) is 26.8. The van der Waals surface area contributed by atoms with Crippen LogP contribution in [0.5, 0.6) is 11.5 Å². The third-order valence-corrected chi connectivity index (χ3v) is 9.01. The van der Waals surface area contributed by atoms with Crippen LogP contribution < -0.4 is 19.1 Å². The smallest absolute Gasteiger partial charge is 0.264 e. The Morgan fingerprint density at radius 2 is 1.35 bits per heavy atom. The van der Waals surface area contributed by atoms with Crippen LogP contribution in [0.4, 0.5) is 5.69 Å². The van der Waals surface area contributed by atoms with E-state index in [4.69, 9.17) is 9.47 Å². The van der Waals surface area contributed by atoms with Crippen molar-refractivity contribution in [1.82, 2.24) is 10.2 Å². The number of hydrogen-bond acceptors (Lipinski definition) is 6. The molecule has 2 amide bonds. The molecule has 0 bridgehead atoms. The summed E-state index contributed by atoms with van der Waals surface area (Å²) in [5.74, 6) is 0.223. The molecule has 4 rings (SSSR count). The second kappa shape index (κ2) is 15.0. The maximum Gasteiger partial charge on any atom is 0.264 e. The number of sulfonamides is 1. The molecule has 0 saturated heterocycles. The molecule has 10 heteroatoms. The van der Waals surface area contributed by atoms with Gasteiger partial charge in [0.1, 0.15) is 24.1 Å². The predicted octanol–water partition coefficient (Wildman–Crippen LogP) is 5.45. The highest BCUT2D eigenvalue weighted by molar-refractivity contribution is 7.92. The Bertz CT molecular complexity index is 1710. The highest BCUT2D eigenvalue weighted by Crippen LogP contribution is 2.27. The third kappa shape index (κ3) is 8.88. The zero-order chi connectivity index (χ0) is 33.3. The topological polar surface area (TPSA) is 105 Å². The van der Waals surface area contributed by atoms with Gasteiger partial charge in [0.25, 0.3) is 10.0 Å². The molecule has 0 unspecified atom stereocenters. The van der Waals surface area contributed by atoms with Crippen LogP contribution >= 0.6 is 0 Å². The number of anilines is 1. The minimum Gasteiger partial charge on any atom is -0.497 e. The molecule has 0 radical (unpaired) electrons. The minimum absolute atomic E-state index is 0.0317. The summed E-state index contributed by atoms with van der Waals surface area (Å²) in [6.07, 6.45) is 0.215. The number of nitrogens with zero attached hydrogens (tertiary/aromatic N) is 2. The van der Waals surface area contributed by atoms with Gasteiger partial charge in [-0.15, -0.1) is 0 Å². The van der Waals surface area contributed by atoms with Gasteiger partial charge < -0.3 is 19.7 Å². The van der Waals surface area contributed by atoms with E-state index in [2.05, 4.69) is 5.32 Å². The van der Waals surface area contributed by atoms with Gasteiger partial charge in [-0.3, -0.25) is 13.9 Å². The van der Waals surface area contributed by atoms with Gasteiger partial charge in [-0.25, -0.2) is 8.42 Å². The normalized spacial score (nSPS) is 12.1. The van der Waals surface area contributed by atoms with Crippen molar-refractivity contribution in [3.63, 3.8) is 0 Å². The van der Waals surface area contributed by atoms with E-state index in [0.717, 1.165) is 15.4 Å². The summed E-state index contributed by atoms with van der Waals surface area (Å²) >= 11 is 0. The van der Waals surface area contributed by atoms with Crippen molar-refractivity contribution in [3.8, 4) is 11.5 Å². The lowest BCUT2D eigenvalue weighted by molar-refractivity contribution is -0.140. The van der Waals surface area contributed by atoms with Crippen LogP contribution in [0.2, 0.25) is 0 Å². The van der Waals surface area contributed by atoms with Crippen molar-refractivity contribution in [3.05, 3.63) is 120 Å². The molecule has 0 heterocycles. The Labute approximate surface area is 271 Å². The molecule has 0 fully saturated rings. The molecular formula is C36H41N3O6S. The molecule has 0 aliphatic heterocycles. The Morgan fingerprint density at radius 3 is 1.93 bits per heavy atom. The summed E-state index contributed by atoms with van der Waals surface area (Å²) in [4.78, 5) is 30.1. The van der Waals surface area contributed by atoms with E-state index in [1.807, 2.05) is 63.2 Å². The molecule has 0 aromatic heterocycles. The van der Waals surface area contributed by atoms with E-state index in [-0.39, 0.29) is 29.5 Å². The number of amides is 2. The minimum atomic E-state index is -4.19. The largest absolute Gasteiger partial charge is 0.497 e. The summed E-state index contributed by atoms with van der Waals surface area (Å²) in [5, 5.41) is 3.03. The average Bonchev–Trinajstić information content (AvgIpc) is 3.05. The van der Waals surface area contributed by atoms with E-state index in [0.29, 0.717) is 11.5 Å². The van der Waals surface area contributed by atoms with E-state index < -0.39 is 34.1 Å². The lowest BCUT2D eigenvalue weighted by Crippen LogP contribution is -2.56. The molecule has 4 aromatic carbocycles. The molecular weight excluding hydrogens is 602 g/mol. The van der Waals surface area contributed by atoms with Gasteiger partial charge >= 0.3 is 0 Å². The number of benzene rings is 4. The molecule has 0 aliphatic carbocycles. The Morgan fingerprint density at radius 1 is 0.761 bits per heavy atom. The number of carbonyl (C=O) groups is 2. The molecule has 242 valence electrons. The van der Waals surface area contributed by atoms with Crippen molar-refractivity contribution in [1.29, 1.82) is 0 Å². The van der Waals surface area contributed by atoms with Crippen molar-refractivity contribution < 1.29 is 27.5 Å². The fourth-order valence-corrected chi connectivity index (χ4v) is 6.41.